The van der Waals surface area contributed by atoms with E-state index in [1.165, 1.54) is 6.92 Å². The van der Waals surface area contributed by atoms with Crippen LogP contribution in [-0.2, 0) is 14.3 Å². The van der Waals surface area contributed by atoms with E-state index >= 15 is 0 Å². The number of ether oxygens (including phenoxy) is 1. The van der Waals surface area contributed by atoms with Crippen molar-refractivity contribution in [2.24, 2.45) is 40.4 Å². The summed E-state index contributed by atoms with van der Waals surface area (Å²) in [6, 6.07) is 0. The molecule has 0 heterocycles. The lowest BCUT2D eigenvalue weighted by molar-refractivity contribution is -0.179. The van der Waals surface area contributed by atoms with Crippen molar-refractivity contribution in [3.05, 3.63) is 0 Å². The van der Waals surface area contributed by atoms with Crippen LogP contribution in [0.15, 0.2) is 0 Å². The van der Waals surface area contributed by atoms with Crippen LogP contribution >= 0.6 is 0 Å². The average molecular weight is 393 g/mol. The summed E-state index contributed by atoms with van der Waals surface area (Å²) in [6.45, 7) is 5.75. The van der Waals surface area contributed by atoms with Crippen LogP contribution in [0, 0.1) is 40.4 Å². The van der Waals surface area contributed by atoms with Gasteiger partial charge in [0.1, 0.15) is 6.61 Å². The van der Waals surface area contributed by atoms with E-state index in [9.17, 15) is 19.8 Å². The molecule has 0 aromatic carbocycles. The maximum absolute atomic E-state index is 12.8. The Morgan fingerprint density at radius 2 is 1.79 bits per heavy atom. The molecule has 158 valence electrons. The number of Topliss-reactive ketones (excluding diaryl/α,β-unsaturated/α-hetero) is 1. The van der Waals surface area contributed by atoms with E-state index in [0.29, 0.717) is 24.2 Å². The molecule has 4 fully saturated rings. The molecule has 4 rings (SSSR count). The van der Waals surface area contributed by atoms with E-state index in [4.69, 9.17) is 4.74 Å². The van der Waals surface area contributed by atoms with Gasteiger partial charge in [0, 0.05) is 12.8 Å². The Labute approximate surface area is 168 Å². The predicted octanol–water partition coefficient (Wildman–Crippen LogP) is 3.11. The first-order valence-corrected chi connectivity index (χ1v) is 11.2. The zero-order chi connectivity index (χ0) is 20.3. The summed E-state index contributed by atoms with van der Waals surface area (Å²) in [4.78, 5) is 23.9. The van der Waals surface area contributed by atoms with E-state index in [1.54, 1.807) is 0 Å². The molecule has 2 N–H and O–H groups in total. The van der Waals surface area contributed by atoms with Crippen molar-refractivity contribution in [1.82, 2.24) is 0 Å². The summed E-state index contributed by atoms with van der Waals surface area (Å²) in [6.07, 6.45) is 6.90. The largest absolute Gasteiger partial charge is 0.458 e. The molecule has 0 saturated heterocycles. The number of carbonyl (C=O) groups excluding carboxylic acids is 2. The van der Waals surface area contributed by atoms with Crippen molar-refractivity contribution in [2.45, 2.75) is 84.3 Å². The van der Waals surface area contributed by atoms with Gasteiger partial charge >= 0.3 is 5.97 Å². The molecule has 0 aromatic heterocycles. The number of carbonyl (C=O) groups is 2. The first-order chi connectivity index (χ1) is 13.2. The number of hydrogen-bond acceptors (Lipinski definition) is 5. The van der Waals surface area contributed by atoms with Crippen LogP contribution in [-0.4, -0.2) is 40.8 Å². The Balaban J connectivity index is 1.57. The van der Waals surface area contributed by atoms with Crippen LogP contribution in [0.5, 0.6) is 0 Å². The Bertz CT molecular complexity index is 647. The number of aliphatic hydroxyl groups excluding tert-OH is 2. The Morgan fingerprint density at radius 1 is 1.04 bits per heavy atom. The van der Waals surface area contributed by atoms with Crippen LogP contribution in [0.2, 0.25) is 0 Å². The van der Waals surface area contributed by atoms with E-state index in [0.717, 1.165) is 44.9 Å². The molecular weight excluding hydrogens is 356 g/mol. The summed E-state index contributed by atoms with van der Waals surface area (Å²) in [7, 11) is 0. The molecule has 0 aliphatic heterocycles. The van der Waals surface area contributed by atoms with Gasteiger partial charge in [0.05, 0.1) is 12.2 Å². The minimum Gasteiger partial charge on any atom is -0.458 e. The smallest absolute Gasteiger partial charge is 0.303 e. The monoisotopic (exact) mass is 392 g/mol. The van der Waals surface area contributed by atoms with Crippen molar-refractivity contribution in [1.29, 1.82) is 0 Å². The molecule has 1 unspecified atom stereocenters. The second-order valence-electron chi connectivity index (χ2n) is 10.7. The first-order valence-electron chi connectivity index (χ1n) is 11.2. The molecule has 4 saturated carbocycles. The van der Waals surface area contributed by atoms with Gasteiger partial charge in [-0.1, -0.05) is 13.8 Å². The predicted molar refractivity (Wildman–Crippen MR) is 104 cm³/mol. The fourth-order valence-electron chi connectivity index (χ4n) is 8.16. The lowest BCUT2D eigenvalue weighted by Crippen LogP contribution is -2.59. The minimum absolute atomic E-state index is 0.0199. The van der Waals surface area contributed by atoms with Crippen molar-refractivity contribution in [3.8, 4) is 0 Å². The van der Waals surface area contributed by atoms with Crippen molar-refractivity contribution >= 4 is 11.8 Å². The van der Waals surface area contributed by atoms with Gasteiger partial charge < -0.3 is 14.9 Å². The van der Waals surface area contributed by atoms with Crippen molar-refractivity contribution in [2.75, 3.05) is 6.61 Å². The fourth-order valence-corrected chi connectivity index (χ4v) is 8.16. The second-order valence-corrected chi connectivity index (χ2v) is 10.7. The van der Waals surface area contributed by atoms with Gasteiger partial charge in [-0.15, -0.1) is 0 Å². The third-order valence-electron chi connectivity index (χ3n) is 9.37. The van der Waals surface area contributed by atoms with Gasteiger partial charge in [0.2, 0.25) is 0 Å². The summed E-state index contributed by atoms with van der Waals surface area (Å²) >= 11 is 0. The van der Waals surface area contributed by atoms with Crippen LogP contribution < -0.4 is 0 Å². The number of rotatable bonds is 3. The van der Waals surface area contributed by atoms with Crippen molar-refractivity contribution < 1.29 is 24.5 Å². The lowest BCUT2D eigenvalue weighted by atomic mass is 9.44. The Kier molecular flexibility index (Phi) is 5.15. The van der Waals surface area contributed by atoms with E-state index in [1.807, 2.05) is 0 Å². The molecule has 0 radical (unpaired) electrons. The number of fused-ring (bicyclic) bond motifs is 5. The van der Waals surface area contributed by atoms with Gasteiger partial charge in [-0.25, -0.2) is 0 Å². The SMILES string of the molecule is CC(=O)OCC(=O)[C@H]1CC[C@H]2C3CC[C@H]4C[C@H](O)CC[C@]4(C)[C@H]3[C@@H](O)C[C@]12C. The third kappa shape index (κ3) is 3.04. The average Bonchev–Trinajstić information content (AvgIpc) is 2.96. The zero-order valence-corrected chi connectivity index (χ0v) is 17.5. The molecule has 5 heteroatoms. The summed E-state index contributed by atoms with van der Waals surface area (Å²) in [5.74, 6) is 1.17. The highest BCUT2D eigenvalue weighted by molar-refractivity contribution is 5.85. The molecule has 9 atom stereocenters. The van der Waals surface area contributed by atoms with Crippen LogP contribution in [0.1, 0.15) is 72.1 Å². The first kappa shape index (κ1) is 20.3. The van der Waals surface area contributed by atoms with Gasteiger partial charge in [-0.3, -0.25) is 9.59 Å². The zero-order valence-electron chi connectivity index (χ0n) is 17.5. The molecule has 0 amide bonds. The topological polar surface area (TPSA) is 83.8 Å². The van der Waals surface area contributed by atoms with E-state index < -0.39 is 12.1 Å². The number of esters is 1. The summed E-state index contributed by atoms with van der Waals surface area (Å²) < 4.78 is 5.00. The van der Waals surface area contributed by atoms with Gasteiger partial charge in [0.15, 0.2) is 5.78 Å². The molecule has 5 nitrogen and oxygen atoms in total. The highest BCUT2D eigenvalue weighted by Gasteiger charge is 2.63. The quantitative estimate of drug-likeness (QED) is 0.721. The Morgan fingerprint density at radius 3 is 2.50 bits per heavy atom. The number of hydrogen-bond donors (Lipinski definition) is 2. The van der Waals surface area contributed by atoms with E-state index in [2.05, 4.69) is 13.8 Å². The highest BCUT2D eigenvalue weighted by Crippen LogP contribution is 2.67. The Hall–Kier alpha value is -0.940. The molecule has 28 heavy (non-hydrogen) atoms. The van der Waals surface area contributed by atoms with E-state index in [-0.39, 0.29) is 41.2 Å². The maximum Gasteiger partial charge on any atom is 0.303 e. The molecule has 4 aliphatic carbocycles. The molecular formula is C23H36O5. The van der Waals surface area contributed by atoms with Crippen LogP contribution in [0.4, 0.5) is 0 Å². The molecule has 4 aliphatic rings. The van der Waals surface area contributed by atoms with Crippen LogP contribution in [0.25, 0.3) is 0 Å². The van der Waals surface area contributed by atoms with Crippen LogP contribution in [0.3, 0.4) is 0 Å². The summed E-state index contributed by atoms with van der Waals surface area (Å²) in [5.41, 5.74) is -0.0993. The normalized spacial score (nSPS) is 50.2. The summed E-state index contributed by atoms with van der Waals surface area (Å²) in [5, 5.41) is 21.5. The minimum atomic E-state index is -0.414. The lowest BCUT2D eigenvalue weighted by Gasteiger charge is -2.62. The number of aliphatic hydroxyl groups is 2. The van der Waals surface area contributed by atoms with Gasteiger partial charge in [-0.2, -0.15) is 0 Å². The molecule has 0 aromatic rings. The third-order valence-corrected chi connectivity index (χ3v) is 9.37. The number of ketones is 1. The second kappa shape index (κ2) is 7.09. The van der Waals surface area contributed by atoms with Crippen molar-refractivity contribution in [3.63, 3.8) is 0 Å². The molecule has 0 spiro atoms. The van der Waals surface area contributed by atoms with Gasteiger partial charge in [0.25, 0.3) is 0 Å². The highest BCUT2D eigenvalue weighted by atomic mass is 16.5. The maximum atomic E-state index is 12.8. The standard InChI is InChI=1S/C23H36O5/c1-13(24)28-12-20(27)18-7-6-17-16-5-4-14-10-15(25)8-9-22(14,2)21(16)19(26)11-23(17,18)3/h14-19,21,25-26H,4-12H2,1-3H3/t14-,15+,16?,17-,18+,19-,21+,22-,23-/m0/s1. The molecule has 0 bridgehead atoms. The fraction of sp³-hybridized carbons (Fsp3) is 0.913. The van der Waals surface area contributed by atoms with Gasteiger partial charge in [-0.05, 0) is 85.9 Å².